The number of amides is 1. The molecule has 29 heavy (non-hydrogen) atoms. The zero-order valence-electron chi connectivity index (χ0n) is 17.1. The van der Waals surface area contributed by atoms with Crippen LogP contribution in [-0.4, -0.2) is 66.4 Å². The van der Waals surface area contributed by atoms with Crippen molar-refractivity contribution < 1.29 is 23.4 Å². The number of carboxylic acid groups (broad SMARTS) is 1. The molecule has 1 saturated heterocycles. The molecule has 2 heterocycles. The molecular weight excluding hydrogens is 392 g/mol. The van der Waals surface area contributed by atoms with Crippen molar-refractivity contribution in [2.24, 2.45) is 5.92 Å². The highest BCUT2D eigenvalue weighted by molar-refractivity contribution is 7.88. The van der Waals surface area contributed by atoms with E-state index in [1.807, 2.05) is 12.1 Å². The van der Waals surface area contributed by atoms with Crippen molar-refractivity contribution in [2.75, 3.05) is 32.5 Å². The van der Waals surface area contributed by atoms with Gasteiger partial charge in [-0.15, -0.1) is 0 Å². The summed E-state index contributed by atoms with van der Waals surface area (Å²) in [7, 11) is -3.17. The number of aliphatic hydroxyl groups is 1. The van der Waals surface area contributed by atoms with Crippen molar-refractivity contribution >= 4 is 16.1 Å². The van der Waals surface area contributed by atoms with E-state index < -0.39 is 16.1 Å². The molecule has 1 unspecified atom stereocenters. The molecule has 1 atom stereocenters. The molecule has 0 aliphatic carbocycles. The summed E-state index contributed by atoms with van der Waals surface area (Å²) in [4.78, 5) is 12.5. The van der Waals surface area contributed by atoms with Gasteiger partial charge in [0.05, 0.1) is 6.26 Å². The highest BCUT2D eigenvalue weighted by Crippen LogP contribution is 2.30. The third-order valence-electron chi connectivity index (χ3n) is 6.42. The predicted molar refractivity (Wildman–Crippen MR) is 111 cm³/mol. The molecule has 3 rings (SSSR count). The maximum Gasteiger partial charge on any atom is 0.407 e. The van der Waals surface area contributed by atoms with Crippen LogP contribution in [0.5, 0.6) is 0 Å². The third-order valence-corrected chi connectivity index (χ3v) is 7.67. The van der Waals surface area contributed by atoms with Crippen LogP contribution in [0.25, 0.3) is 0 Å². The Hall–Kier alpha value is -1.64. The van der Waals surface area contributed by atoms with Crippen LogP contribution < -0.4 is 0 Å². The molecule has 1 aromatic rings. The zero-order chi connectivity index (χ0) is 21.0. The Morgan fingerprint density at radius 2 is 1.93 bits per heavy atom. The van der Waals surface area contributed by atoms with Crippen LogP contribution in [0, 0.1) is 5.92 Å². The number of benzene rings is 1. The first kappa shape index (κ1) is 22.1. The summed E-state index contributed by atoms with van der Waals surface area (Å²) < 4.78 is 25.1. The molecule has 7 nitrogen and oxygen atoms in total. The van der Waals surface area contributed by atoms with Gasteiger partial charge in [-0.1, -0.05) is 31.0 Å². The SMILES string of the molecule is CS(=O)(=O)N1CCc2cc(C(CO)CCCC3CCN(C(=O)O)CC3)ccc2C1. The lowest BCUT2D eigenvalue weighted by molar-refractivity contribution is 0.122. The van der Waals surface area contributed by atoms with Crippen molar-refractivity contribution in [1.29, 1.82) is 0 Å². The highest BCUT2D eigenvalue weighted by Gasteiger charge is 2.25. The van der Waals surface area contributed by atoms with Crippen LogP contribution >= 0.6 is 0 Å². The van der Waals surface area contributed by atoms with E-state index in [2.05, 4.69) is 6.07 Å². The molecule has 0 bridgehead atoms. The Bertz CT molecular complexity index is 818. The van der Waals surface area contributed by atoms with Gasteiger partial charge in [-0.3, -0.25) is 0 Å². The molecule has 2 aliphatic rings. The van der Waals surface area contributed by atoms with Crippen LogP contribution in [0.1, 0.15) is 54.7 Å². The molecular formula is C21H32N2O5S. The highest BCUT2D eigenvalue weighted by atomic mass is 32.2. The fourth-order valence-electron chi connectivity index (χ4n) is 4.51. The maximum absolute atomic E-state index is 11.8. The fraction of sp³-hybridized carbons (Fsp3) is 0.667. The van der Waals surface area contributed by atoms with Crippen LogP contribution in [0.2, 0.25) is 0 Å². The average Bonchev–Trinajstić information content (AvgIpc) is 2.70. The number of carbonyl (C=O) groups is 1. The minimum absolute atomic E-state index is 0.0901. The first-order valence-corrected chi connectivity index (χ1v) is 12.3. The number of piperidine rings is 1. The molecule has 0 radical (unpaired) electrons. The summed E-state index contributed by atoms with van der Waals surface area (Å²) in [6.45, 7) is 2.28. The van der Waals surface area contributed by atoms with E-state index in [1.54, 1.807) is 0 Å². The maximum atomic E-state index is 11.8. The molecule has 0 saturated carbocycles. The first-order valence-electron chi connectivity index (χ1n) is 10.4. The Kier molecular flexibility index (Phi) is 7.19. The smallest absolute Gasteiger partial charge is 0.407 e. The largest absolute Gasteiger partial charge is 0.465 e. The standard InChI is InChI=1S/C21H32N2O5S/c1-29(27,28)23-12-9-18-13-17(5-6-19(18)14-23)20(15-24)4-2-3-16-7-10-22(11-8-16)21(25)26/h5-6,13,16,20,24H,2-4,7-12,14-15H2,1H3,(H,25,26). The summed E-state index contributed by atoms with van der Waals surface area (Å²) in [5, 5.41) is 18.9. The van der Waals surface area contributed by atoms with Gasteiger partial charge >= 0.3 is 6.09 Å². The minimum Gasteiger partial charge on any atom is -0.465 e. The third kappa shape index (κ3) is 5.71. The van der Waals surface area contributed by atoms with Gasteiger partial charge in [0.2, 0.25) is 10.0 Å². The molecule has 1 amide bonds. The van der Waals surface area contributed by atoms with E-state index >= 15 is 0 Å². The second-order valence-corrected chi connectivity index (χ2v) is 10.4. The summed E-state index contributed by atoms with van der Waals surface area (Å²) >= 11 is 0. The van der Waals surface area contributed by atoms with Gasteiger partial charge in [-0.05, 0) is 48.3 Å². The topological polar surface area (TPSA) is 98.2 Å². The van der Waals surface area contributed by atoms with Gasteiger partial charge in [-0.2, -0.15) is 4.31 Å². The Balaban J connectivity index is 1.52. The lowest BCUT2D eigenvalue weighted by Crippen LogP contribution is -2.37. The Morgan fingerprint density at radius 3 is 2.55 bits per heavy atom. The summed E-state index contributed by atoms with van der Waals surface area (Å²) in [6.07, 6.45) is 5.97. The fourth-order valence-corrected chi connectivity index (χ4v) is 5.31. The molecule has 1 fully saturated rings. The van der Waals surface area contributed by atoms with Gasteiger partial charge < -0.3 is 15.1 Å². The average molecular weight is 425 g/mol. The lowest BCUT2D eigenvalue weighted by atomic mass is 9.86. The minimum atomic E-state index is -3.17. The molecule has 1 aromatic carbocycles. The number of likely N-dealkylation sites (tertiary alicyclic amines) is 1. The van der Waals surface area contributed by atoms with Gasteiger partial charge in [-0.25, -0.2) is 13.2 Å². The van der Waals surface area contributed by atoms with Crippen molar-refractivity contribution in [2.45, 2.75) is 51.0 Å². The molecule has 0 spiro atoms. The van der Waals surface area contributed by atoms with Crippen molar-refractivity contribution in [3.8, 4) is 0 Å². The van der Waals surface area contributed by atoms with Crippen LogP contribution in [0.3, 0.4) is 0 Å². The predicted octanol–water partition coefficient (Wildman–Crippen LogP) is 2.64. The van der Waals surface area contributed by atoms with Crippen LogP contribution in [0.15, 0.2) is 18.2 Å². The molecule has 2 N–H and O–H groups in total. The number of hydrogen-bond donors (Lipinski definition) is 2. The number of rotatable bonds is 7. The Labute approximate surface area is 173 Å². The number of fused-ring (bicyclic) bond motifs is 1. The zero-order valence-corrected chi connectivity index (χ0v) is 17.9. The molecule has 2 aliphatic heterocycles. The van der Waals surface area contributed by atoms with Gasteiger partial charge in [0.15, 0.2) is 0 Å². The van der Waals surface area contributed by atoms with E-state index in [4.69, 9.17) is 5.11 Å². The lowest BCUT2D eigenvalue weighted by Gasteiger charge is -2.30. The van der Waals surface area contributed by atoms with Crippen molar-refractivity contribution in [3.63, 3.8) is 0 Å². The van der Waals surface area contributed by atoms with Gasteiger partial charge in [0, 0.05) is 38.7 Å². The van der Waals surface area contributed by atoms with E-state index in [0.717, 1.165) is 43.2 Å². The normalized spacial score (nSPS) is 19.7. The van der Waals surface area contributed by atoms with E-state index in [1.165, 1.54) is 21.0 Å². The summed E-state index contributed by atoms with van der Waals surface area (Å²) in [6, 6.07) is 6.17. The second kappa shape index (κ2) is 9.45. The second-order valence-electron chi connectivity index (χ2n) is 8.40. The molecule has 8 heteroatoms. The molecule has 162 valence electrons. The van der Waals surface area contributed by atoms with Gasteiger partial charge in [0.1, 0.15) is 0 Å². The quantitative estimate of drug-likeness (QED) is 0.701. The Morgan fingerprint density at radius 1 is 1.21 bits per heavy atom. The van der Waals surface area contributed by atoms with Gasteiger partial charge in [0.25, 0.3) is 0 Å². The first-order chi connectivity index (χ1) is 13.8. The number of aliphatic hydroxyl groups excluding tert-OH is 1. The van der Waals surface area contributed by atoms with Crippen molar-refractivity contribution in [1.82, 2.24) is 9.21 Å². The van der Waals surface area contributed by atoms with Crippen molar-refractivity contribution in [3.05, 3.63) is 34.9 Å². The summed E-state index contributed by atoms with van der Waals surface area (Å²) in [5.41, 5.74) is 3.36. The summed E-state index contributed by atoms with van der Waals surface area (Å²) in [5.74, 6) is 0.655. The van der Waals surface area contributed by atoms with E-state index in [-0.39, 0.29) is 12.5 Å². The van der Waals surface area contributed by atoms with E-state index in [9.17, 15) is 18.3 Å². The molecule has 0 aromatic heterocycles. The number of sulfonamides is 1. The number of nitrogens with zero attached hydrogens (tertiary/aromatic N) is 2. The monoisotopic (exact) mass is 424 g/mol. The number of hydrogen-bond acceptors (Lipinski definition) is 4. The van der Waals surface area contributed by atoms with Crippen LogP contribution in [-0.2, 0) is 23.0 Å². The van der Waals surface area contributed by atoms with E-state index in [0.29, 0.717) is 38.5 Å². The van der Waals surface area contributed by atoms with Crippen LogP contribution in [0.4, 0.5) is 4.79 Å².